The van der Waals surface area contributed by atoms with E-state index in [0.29, 0.717) is 28.4 Å². The van der Waals surface area contributed by atoms with Gasteiger partial charge in [0, 0.05) is 18.3 Å². The lowest BCUT2D eigenvalue weighted by Gasteiger charge is -2.25. The molecule has 0 spiro atoms. The second kappa shape index (κ2) is 7.25. The zero-order valence-electron chi connectivity index (χ0n) is 14.6. The van der Waals surface area contributed by atoms with Gasteiger partial charge < -0.3 is 4.42 Å². The van der Waals surface area contributed by atoms with E-state index in [1.54, 1.807) is 0 Å². The Bertz CT molecular complexity index is 744. The molecule has 0 radical (unpaired) electrons. The van der Waals surface area contributed by atoms with Crippen LogP contribution in [0, 0.1) is 12.8 Å². The van der Waals surface area contributed by atoms with Gasteiger partial charge in [0.1, 0.15) is 0 Å². The van der Waals surface area contributed by atoms with E-state index in [1.165, 1.54) is 43.4 Å². The number of amides is 1. The van der Waals surface area contributed by atoms with Gasteiger partial charge in [-0.3, -0.25) is 15.0 Å². The second-order valence-corrected chi connectivity index (χ2v) is 7.96. The minimum absolute atomic E-state index is 0.258. The van der Waals surface area contributed by atoms with Crippen LogP contribution in [0.5, 0.6) is 0 Å². The summed E-state index contributed by atoms with van der Waals surface area (Å²) in [6.07, 6.45) is 7.17. The molecule has 4 rings (SSSR count). The molecule has 2 aromatic rings. The molecular formula is C18H24N4O2S. The molecule has 2 fully saturated rings. The van der Waals surface area contributed by atoms with Crippen LogP contribution >= 0.6 is 11.3 Å². The highest BCUT2D eigenvalue weighted by Gasteiger charge is 2.26. The molecule has 134 valence electrons. The number of likely N-dealkylation sites (tertiary alicyclic amines) is 1. The lowest BCUT2D eigenvalue weighted by atomic mass is 10.1. The van der Waals surface area contributed by atoms with Crippen LogP contribution in [0.3, 0.4) is 0 Å². The molecule has 3 heterocycles. The highest BCUT2D eigenvalue weighted by Crippen LogP contribution is 2.32. The fourth-order valence-electron chi connectivity index (χ4n) is 3.26. The first-order valence-electron chi connectivity index (χ1n) is 9.12. The van der Waals surface area contributed by atoms with Gasteiger partial charge in [0.2, 0.25) is 5.76 Å². The summed E-state index contributed by atoms with van der Waals surface area (Å²) in [4.78, 5) is 23.8. The Morgan fingerprint density at radius 3 is 2.88 bits per heavy atom. The van der Waals surface area contributed by atoms with Gasteiger partial charge in [0.05, 0.1) is 11.4 Å². The summed E-state index contributed by atoms with van der Waals surface area (Å²) in [6, 6.07) is 0. The molecule has 0 aromatic carbocycles. The van der Waals surface area contributed by atoms with Gasteiger partial charge in [0.15, 0.2) is 11.0 Å². The van der Waals surface area contributed by atoms with E-state index in [2.05, 4.69) is 20.2 Å². The zero-order chi connectivity index (χ0) is 17.2. The average molecular weight is 360 g/mol. The van der Waals surface area contributed by atoms with E-state index >= 15 is 0 Å². The van der Waals surface area contributed by atoms with Crippen molar-refractivity contribution in [1.82, 2.24) is 14.9 Å². The number of hydrogen-bond donors (Lipinski definition) is 1. The molecule has 1 N–H and O–H groups in total. The third kappa shape index (κ3) is 4.27. The molecule has 0 bridgehead atoms. The number of carbonyl (C=O) groups is 1. The van der Waals surface area contributed by atoms with Crippen molar-refractivity contribution < 1.29 is 9.21 Å². The first-order chi connectivity index (χ1) is 12.2. The number of anilines is 1. The van der Waals surface area contributed by atoms with Crippen molar-refractivity contribution in [3.63, 3.8) is 0 Å². The van der Waals surface area contributed by atoms with E-state index < -0.39 is 0 Å². The van der Waals surface area contributed by atoms with Gasteiger partial charge in [0.25, 0.3) is 5.91 Å². The van der Waals surface area contributed by atoms with E-state index in [4.69, 9.17) is 4.42 Å². The Kier molecular flexibility index (Phi) is 4.85. The Labute approximate surface area is 151 Å². The molecule has 1 aliphatic carbocycles. The lowest BCUT2D eigenvalue weighted by molar-refractivity contribution is 0.0994. The molecule has 2 aliphatic rings. The number of aryl methyl sites for hydroxylation is 1. The summed E-state index contributed by atoms with van der Waals surface area (Å²) in [5, 5.41) is 5.50. The van der Waals surface area contributed by atoms with Gasteiger partial charge >= 0.3 is 0 Å². The van der Waals surface area contributed by atoms with E-state index in [1.807, 2.05) is 12.3 Å². The summed E-state index contributed by atoms with van der Waals surface area (Å²) < 4.78 is 5.67. The van der Waals surface area contributed by atoms with Crippen LogP contribution in [0.1, 0.15) is 59.9 Å². The highest BCUT2D eigenvalue weighted by molar-refractivity contribution is 7.13. The maximum absolute atomic E-state index is 12.5. The molecule has 1 aliphatic heterocycles. The standard InChI is InChI=1S/C18H24N4O2S/c1-12-16(24-15(19-12)9-13-5-6-13)17(23)21-18-20-14(11-25-18)10-22-7-3-2-4-8-22/h11,13H,2-10H2,1H3,(H,20,21,23). The van der Waals surface area contributed by atoms with Gasteiger partial charge in [-0.25, -0.2) is 9.97 Å². The third-order valence-corrected chi connectivity index (χ3v) is 5.62. The molecule has 1 saturated heterocycles. The number of piperidine rings is 1. The Morgan fingerprint density at radius 2 is 2.12 bits per heavy atom. The van der Waals surface area contributed by atoms with Crippen LogP contribution in [-0.2, 0) is 13.0 Å². The molecule has 0 unspecified atom stereocenters. The van der Waals surface area contributed by atoms with Crippen molar-refractivity contribution in [1.29, 1.82) is 0 Å². The van der Waals surface area contributed by atoms with E-state index in [9.17, 15) is 4.79 Å². The van der Waals surface area contributed by atoms with Crippen molar-refractivity contribution in [3.8, 4) is 0 Å². The van der Waals surface area contributed by atoms with E-state index in [-0.39, 0.29) is 5.91 Å². The molecule has 6 nitrogen and oxygen atoms in total. The molecule has 25 heavy (non-hydrogen) atoms. The van der Waals surface area contributed by atoms with Crippen molar-refractivity contribution >= 4 is 22.4 Å². The number of carbonyl (C=O) groups excluding carboxylic acids is 1. The fraction of sp³-hybridized carbons (Fsp3) is 0.611. The minimum Gasteiger partial charge on any atom is -0.435 e. The molecule has 7 heteroatoms. The Hall–Kier alpha value is -1.73. The van der Waals surface area contributed by atoms with Gasteiger partial charge in [-0.2, -0.15) is 0 Å². The first kappa shape index (κ1) is 16.7. The van der Waals surface area contributed by atoms with Crippen LogP contribution < -0.4 is 5.32 Å². The van der Waals surface area contributed by atoms with Crippen LogP contribution in [0.4, 0.5) is 5.13 Å². The third-order valence-electron chi connectivity index (χ3n) is 4.81. The fourth-order valence-corrected chi connectivity index (χ4v) is 3.95. The highest BCUT2D eigenvalue weighted by atomic mass is 32.1. The van der Waals surface area contributed by atoms with Crippen LogP contribution in [0.25, 0.3) is 0 Å². The quantitative estimate of drug-likeness (QED) is 0.852. The van der Waals surface area contributed by atoms with E-state index in [0.717, 1.165) is 31.7 Å². The van der Waals surface area contributed by atoms with Gasteiger partial charge in [-0.1, -0.05) is 6.42 Å². The lowest BCUT2D eigenvalue weighted by Crippen LogP contribution is -2.29. The van der Waals surface area contributed by atoms with Crippen molar-refractivity contribution in [3.05, 3.63) is 28.4 Å². The summed E-state index contributed by atoms with van der Waals surface area (Å²) in [5.74, 6) is 1.41. The molecule has 0 atom stereocenters. The number of aromatic nitrogens is 2. The number of nitrogens with zero attached hydrogens (tertiary/aromatic N) is 3. The van der Waals surface area contributed by atoms with Gasteiger partial charge in [-0.05, 0) is 51.6 Å². The predicted octanol–water partition coefficient (Wildman–Crippen LogP) is 3.63. The van der Waals surface area contributed by atoms with Crippen LogP contribution in [0.15, 0.2) is 9.80 Å². The number of nitrogens with one attached hydrogen (secondary N) is 1. The normalized spacial score (nSPS) is 18.4. The minimum atomic E-state index is -0.258. The number of thiazole rings is 1. The summed E-state index contributed by atoms with van der Waals surface area (Å²) in [7, 11) is 0. The van der Waals surface area contributed by atoms with Crippen LogP contribution in [0.2, 0.25) is 0 Å². The second-order valence-electron chi connectivity index (χ2n) is 7.10. The maximum Gasteiger partial charge on any atom is 0.295 e. The number of hydrogen-bond acceptors (Lipinski definition) is 6. The Morgan fingerprint density at radius 1 is 1.32 bits per heavy atom. The largest absolute Gasteiger partial charge is 0.435 e. The van der Waals surface area contributed by atoms with Crippen molar-refractivity contribution in [2.75, 3.05) is 18.4 Å². The SMILES string of the molecule is Cc1nc(CC2CC2)oc1C(=O)Nc1nc(CN2CCCCC2)cs1. The molecule has 1 saturated carbocycles. The smallest absolute Gasteiger partial charge is 0.295 e. The topological polar surface area (TPSA) is 71.3 Å². The molecule has 1 amide bonds. The predicted molar refractivity (Wildman–Crippen MR) is 96.9 cm³/mol. The average Bonchev–Trinajstić information content (AvgIpc) is 3.18. The summed E-state index contributed by atoms with van der Waals surface area (Å²) in [6.45, 7) is 4.96. The Balaban J connectivity index is 1.36. The van der Waals surface area contributed by atoms with Crippen LogP contribution in [-0.4, -0.2) is 33.9 Å². The molecular weight excluding hydrogens is 336 g/mol. The monoisotopic (exact) mass is 360 g/mol. The zero-order valence-corrected chi connectivity index (χ0v) is 15.4. The summed E-state index contributed by atoms with van der Waals surface area (Å²) >= 11 is 1.46. The maximum atomic E-state index is 12.5. The molecule has 2 aromatic heterocycles. The first-order valence-corrected chi connectivity index (χ1v) is 10.00. The van der Waals surface area contributed by atoms with Gasteiger partial charge in [-0.15, -0.1) is 11.3 Å². The van der Waals surface area contributed by atoms with Crippen molar-refractivity contribution in [2.45, 2.75) is 52.0 Å². The summed E-state index contributed by atoms with van der Waals surface area (Å²) in [5.41, 5.74) is 1.67. The van der Waals surface area contributed by atoms with Crippen molar-refractivity contribution in [2.24, 2.45) is 5.92 Å². The number of oxazole rings is 1. The number of rotatable bonds is 6.